The number of carbonyl (C=O) groups is 2. The number of halogens is 3. The minimum absolute atomic E-state index is 0.0300. The highest BCUT2D eigenvalue weighted by Gasteiger charge is 2.40. The maximum atomic E-state index is 13.4. The van der Waals surface area contributed by atoms with Gasteiger partial charge < -0.3 is 4.90 Å². The second kappa shape index (κ2) is 6.48. The van der Waals surface area contributed by atoms with E-state index in [1.54, 1.807) is 18.2 Å². The summed E-state index contributed by atoms with van der Waals surface area (Å²) < 4.78 is 40.3. The lowest BCUT2D eigenvalue weighted by atomic mass is 9.72. The molecule has 7 heteroatoms. The third kappa shape index (κ3) is 2.95. The van der Waals surface area contributed by atoms with Crippen molar-refractivity contribution in [3.8, 4) is 6.07 Å². The van der Waals surface area contributed by atoms with Crippen molar-refractivity contribution in [2.45, 2.75) is 31.5 Å². The lowest BCUT2D eigenvalue weighted by molar-refractivity contribution is -0.138. The van der Waals surface area contributed by atoms with Crippen molar-refractivity contribution in [2.75, 3.05) is 4.90 Å². The number of nitriles is 1. The van der Waals surface area contributed by atoms with E-state index in [1.165, 1.54) is 11.0 Å². The normalized spacial score (nSPS) is 21.1. The van der Waals surface area contributed by atoms with Crippen LogP contribution in [0.3, 0.4) is 0 Å². The molecule has 2 aromatic rings. The summed E-state index contributed by atoms with van der Waals surface area (Å²) in [6.07, 6.45) is -2.85. The number of carbonyl (C=O) groups excluding carboxylic acids is 2. The minimum Gasteiger partial charge on any atom is -0.304 e. The summed E-state index contributed by atoms with van der Waals surface area (Å²) in [5.41, 5.74) is 0.163. The Balaban J connectivity index is 1.69. The Bertz CT molecular complexity index is 1020. The molecule has 1 aliphatic carbocycles. The molecule has 0 atom stereocenters. The molecule has 4 nitrogen and oxygen atoms in total. The molecule has 1 saturated carbocycles. The fourth-order valence-corrected chi connectivity index (χ4v) is 3.90. The topological polar surface area (TPSA) is 61.2 Å². The van der Waals surface area contributed by atoms with E-state index in [2.05, 4.69) is 6.07 Å². The summed E-state index contributed by atoms with van der Waals surface area (Å²) in [6.45, 7) is -0.197. The summed E-state index contributed by atoms with van der Waals surface area (Å²) in [5, 5.41) is 8.93. The molecule has 0 radical (unpaired) electrons. The van der Waals surface area contributed by atoms with Crippen molar-refractivity contribution in [1.82, 2.24) is 0 Å². The summed E-state index contributed by atoms with van der Waals surface area (Å²) in [7, 11) is 0. The van der Waals surface area contributed by atoms with Crippen LogP contribution in [-0.4, -0.2) is 12.2 Å². The van der Waals surface area contributed by atoms with E-state index in [0.717, 1.165) is 24.5 Å². The molecule has 1 fully saturated rings. The van der Waals surface area contributed by atoms with Gasteiger partial charge in [-0.15, -0.1) is 0 Å². The molecule has 2 aromatic carbocycles. The van der Waals surface area contributed by atoms with Crippen LogP contribution in [0, 0.1) is 17.2 Å². The molecular formula is C21H15F3N2O2. The van der Waals surface area contributed by atoms with Crippen LogP contribution in [0.15, 0.2) is 36.4 Å². The van der Waals surface area contributed by atoms with Crippen molar-refractivity contribution in [3.05, 3.63) is 64.2 Å². The number of nitrogens with zero attached hydrogens (tertiary/aromatic N) is 2. The van der Waals surface area contributed by atoms with Gasteiger partial charge >= 0.3 is 6.18 Å². The lowest BCUT2D eigenvalue weighted by Gasteiger charge is -2.31. The molecule has 0 bridgehead atoms. The molecule has 1 heterocycles. The summed E-state index contributed by atoms with van der Waals surface area (Å²) in [5.74, 6) is -0.302. The lowest BCUT2D eigenvalue weighted by Crippen LogP contribution is -2.24. The summed E-state index contributed by atoms with van der Waals surface area (Å²) in [6, 6.07) is 11.4. The Morgan fingerprint density at radius 3 is 2.57 bits per heavy atom. The van der Waals surface area contributed by atoms with Gasteiger partial charge in [-0.05, 0) is 54.2 Å². The van der Waals surface area contributed by atoms with Crippen molar-refractivity contribution in [1.29, 1.82) is 5.26 Å². The van der Waals surface area contributed by atoms with Crippen LogP contribution in [0.1, 0.15) is 56.2 Å². The van der Waals surface area contributed by atoms with Gasteiger partial charge in [0.25, 0.3) is 5.91 Å². The molecule has 4 rings (SSSR count). The van der Waals surface area contributed by atoms with Crippen LogP contribution in [0.5, 0.6) is 0 Å². The minimum atomic E-state index is -4.65. The van der Waals surface area contributed by atoms with E-state index >= 15 is 0 Å². The molecular weight excluding hydrogens is 369 g/mol. The monoisotopic (exact) mass is 384 g/mol. The zero-order chi connectivity index (χ0) is 20.1. The Labute approximate surface area is 159 Å². The standard InChI is InChI=1S/C21H15F3N2O2/c22-21(23,24)19-7-13(11-27)6-17-18(19)10-26(20(17)28)16-3-1-2-14(8-16)15-4-12(5-15)9-25/h1-3,6-8,11-12,15H,4-5,10H2. The SMILES string of the molecule is N#CC1CC(c2cccc(N3Cc4c(cc(C=O)cc4C(F)(F)F)C3=O)c2)C1. The predicted octanol–water partition coefficient (Wildman–Crippen LogP) is 4.70. The molecule has 2 aliphatic rings. The van der Waals surface area contributed by atoms with Crippen LogP contribution >= 0.6 is 0 Å². The Kier molecular flexibility index (Phi) is 4.22. The van der Waals surface area contributed by atoms with Gasteiger partial charge in [0.1, 0.15) is 6.29 Å². The van der Waals surface area contributed by atoms with E-state index in [0.29, 0.717) is 12.0 Å². The van der Waals surface area contributed by atoms with E-state index in [1.807, 2.05) is 6.07 Å². The van der Waals surface area contributed by atoms with Gasteiger partial charge in [0.05, 0.1) is 18.2 Å². The first kappa shape index (κ1) is 18.2. The van der Waals surface area contributed by atoms with Crippen molar-refractivity contribution in [3.63, 3.8) is 0 Å². The highest BCUT2D eigenvalue weighted by molar-refractivity contribution is 6.11. The Morgan fingerprint density at radius 1 is 1.18 bits per heavy atom. The molecule has 28 heavy (non-hydrogen) atoms. The third-order valence-electron chi connectivity index (χ3n) is 5.48. The van der Waals surface area contributed by atoms with E-state index in [-0.39, 0.29) is 35.1 Å². The average molecular weight is 384 g/mol. The zero-order valence-corrected chi connectivity index (χ0v) is 14.7. The van der Waals surface area contributed by atoms with Gasteiger partial charge in [-0.3, -0.25) is 9.59 Å². The average Bonchev–Trinajstić information content (AvgIpc) is 2.96. The number of anilines is 1. The highest BCUT2D eigenvalue weighted by atomic mass is 19.4. The van der Waals surface area contributed by atoms with Crippen molar-refractivity contribution >= 4 is 17.9 Å². The van der Waals surface area contributed by atoms with E-state index < -0.39 is 17.6 Å². The van der Waals surface area contributed by atoms with Gasteiger partial charge in [-0.1, -0.05) is 12.1 Å². The maximum absolute atomic E-state index is 13.4. The molecule has 0 unspecified atom stereocenters. The van der Waals surface area contributed by atoms with Crippen molar-refractivity contribution in [2.24, 2.45) is 5.92 Å². The Morgan fingerprint density at radius 2 is 1.93 bits per heavy atom. The zero-order valence-electron chi connectivity index (χ0n) is 14.7. The van der Waals surface area contributed by atoms with Gasteiger partial charge in [0.15, 0.2) is 0 Å². The van der Waals surface area contributed by atoms with Crippen molar-refractivity contribution < 1.29 is 22.8 Å². The number of alkyl halides is 3. The van der Waals surface area contributed by atoms with Gasteiger partial charge in [-0.25, -0.2) is 0 Å². The molecule has 0 saturated heterocycles. The molecule has 142 valence electrons. The van der Waals surface area contributed by atoms with Gasteiger partial charge in [-0.2, -0.15) is 18.4 Å². The fourth-order valence-electron chi connectivity index (χ4n) is 3.90. The highest BCUT2D eigenvalue weighted by Crippen LogP contribution is 2.43. The first-order chi connectivity index (χ1) is 13.3. The molecule has 0 aromatic heterocycles. The largest absolute Gasteiger partial charge is 0.416 e. The van der Waals surface area contributed by atoms with Gasteiger partial charge in [0.2, 0.25) is 0 Å². The van der Waals surface area contributed by atoms with E-state index in [4.69, 9.17) is 5.26 Å². The number of benzene rings is 2. The predicted molar refractivity (Wildman–Crippen MR) is 94.9 cm³/mol. The first-order valence-corrected chi connectivity index (χ1v) is 8.82. The number of hydrogen-bond acceptors (Lipinski definition) is 3. The third-order valence-corrected chi connectivity index (χ3v) is 5.48. The number of amides is 1. The second-order valence-electron chi connectivity index (χ2n) is 7.19. The van der Waals surface area contributed by atoms with E-state index in [9.17, 15) is 22.8 Å². The summed E-state index contributed by atoms with van der Waals surface area (Å²) >= 11 is 0. The van der Waals surface area contributed by atoms with Crippen LogP contribution in [0.25, 0.3) is 0 Å². The molecule has 0 N–H and O–H groups in total. The first-order valence-electron chi connectivity index (χ1n) is 8.82. The number of aldehydes is 1. The number of hydrogen-bond donors (Lipinski definition) is 0. The van der Waals surface area contributed by atoms with Crippen LogP contribution in [-0.2, 0) is 12.7 Å². The van der Waals surface area contributed by atoms with Crippen LogP contribution in [0.2, 0.25) is 0 Å². The molecule has 1 amide bonds. The second-order valence-corrected chi connectivity index (χ2v) is 7.19. The fraction of sp³-hybridized carbons (Fsp3) is 0.286. The maximum Gasteiger partial charge on any atom is 0.416 e. The molecule has 0 spiro atoms. The Hall–Kier alpha value is -3.14. The van der Waals surface area contributed by atoms with Crippen LogP contribution < -0.4 is 4.90 Å². The van der Waals surface area contributed by atoms with Gasteiger partial charge in [0, 0.05) is 22.7 Å². The molecule has 1 aliphatic heterocycles. The van der Waals surface area contributed by atoms with Crippen LogP contribution in [0.4, 0.5) is 18.9 Å². The summed E-state index contributed by atoms with van der Waals surface area (Å²) in [4.78, 5) is 25.2. The smallest absolute Gasteiger partial charge is 0.304 e. The number of rotatable bonds is 3. The number of fused-ring (bicyclic) bond motifs is 1. The quantitative estimate of drug-likeness (QED) is 0.721.